The van der Waals surface area contributed by atoms with Gasteiger partial charge in [-0.25, -0.2) is 13.2 Å². The van der Waals surface area contributed by atoms with Crippen molar-refractivity contribution in [1.82, 2.24) is 0 Å². The van der Waals surface area contributed by atoms with E-state index in [4.69, 9.17) is 9.15 Å². The minimum atomic E-state index is -3.39. The van der Waals surface area contributed by atoms with Gasteiger partial charge in [0, 0.05) is 11.3 Å². The number of carbonyl (C=O) groups is 2. The highest BCUT2D eigenvalue weighted by Gasteiger charge is 2.23. The molecule has 1 atom stereocenters. The molecule has 2 rings (SSSR count). The van der Waals surface area contributed by atoms with Crippen LogP contribution in [0.2, 0.25) is 0 Å². The average Bonchev–Trinajstić information content (AvgIpc) is 2.84. The quantitative estimate of drug-likeness (QED) is 0.624. The Morgan fingerprint density at radius 2 is 1.76 bits per heavy atom. The molecule has 1 heterocycles. The summed E-state index contributed by atoms with van der Waals surface area (Å²) in [5.41, 5.74) is 0.928. The molecule has 0 amide bonds. The van der Waals surface area contributed by atoms with Crippen molar-refractivity contribution >= 4 is 27.5 Å². The maximum atomic E-state index is 12.4. The second-order valence-corrected chi connectivity index (χ2v) is 7.44. The standard InChI is InChI=1S/C17H19NO6S/c1-10-9-15(11(2)23-10)17(20)24-12(3)16(19)13-5-7-14(8-6-13)18-25(4,21)22/h5-9,12,18H,1-4H3/t12-/m0/s1. The summed E-state index contributed by atoms with van der Waals surface area (Å²) < 4.78 is 35.1. The number of ether oxygens (including phenoxy) is 1. The third kappa shape index (κ3) is 4.93. The molecule has 8 heteroatoms. The van der Waals surface area contributed by atoms with Crippen molar-refractivity contribution in [3.8, 4) is 0 Å². The molecular formula is C17H19NO6S. The van der Waals surface area contributed by atoms with E-state index in [0.29, 0.717) is 22.8 Å². The van der Waals surface area contributed by atoms with E-state index in [-0.39, 0.29) is 5.56 Å². The monoisotopic (exact) mass is 365 g/mol. The molecule has 0 unspecified atom stereocenters. The molecule has 0 aliphatic carbocycles. The third-order valence-electron chi connectivity index (χ3n) is 3.39. The van der Waals surface area contributed by atoms with Gasteiger partial charge < -0.3 is 9.15 Å². The Kier molecular flexibility index (Phi) is 5.32. The highest BCUT2D eigenvalue weighted by Crippen LogP contribution is 2.17. The van der Waals surface area contributed by atoms with E-state index in [9.17, 15) is 18.0 Å². The number of carbonyl (C=O) groups excluding carboxylic acids is 2. The number of hydrogen-bond acceptors (Lipinski definition) is 6. The van der Waals surface area contributed by atoms with Crippen LogP contribution in [0.5, 0.6) is 0 Å². The molecule has 1 N–H and O–H groups in total. The van der Waals surface area contributed by atoms with Gasteiger partial charge in [-0.05, 0) is 51.1 Å². The normalized spacial score (nSPS) is 12.5. The van der Waals surface area contributed by atoms with Gasteiger partial charge in [0.25, 0.3) is 0 Å². The summed E-state index contributed by atoms with van der Waals surface area (Å²) in [6.45, 7) is 4.83. The largest absolute Gasteiger partial charge is 0.466 e. The van der Waals surface area contributed by atoms with E-state index in [1.54, 1.807) is 19.9 Å². The second-order valence-electron chi connectivity index (χ2n) is 5.69. The van der Waals surface area contributed by atoms with Crippen molar-refractivity contribution in [3.05, 3.63) is 53.0 Å². The molecule has 25 heavy (non-hydrogen) atoms. The molecule has 1 aromatic heterocycles. The SMILES string of the molecule is Cc1cc(C(=O)O[C@@H](C)C(=O)c2ccc(NS(C)(=O)=O)cc2)c(C)o1. The van der Waals surface area contributed by atoms with Crippen LogP contribution in [-0.2, 0) is 14.8 Å². The van der Waals surface area contributed by atoms with Crippen molar-refractivity contribution in [3.63, 3.8) is 0 Å². The van der Waals surface area contributed by atoms with Crippen molar-refractivity contribution in [2.45, 2.75) is 26.9 Å². The molecule has 2 aromatic rings. The Morgan fingerprint density at radius 3 is 2.24 bits per heavy atom. The lowest BCUT2D eigenvalue weighted by molar-refractivity contribution is 0.0317. The highest BCUT2D eigenvalue weighted by atomic mass is 32.2. The molecule has 1 aromatic carbocycles. The first-order valence-electron chi connectivity index (χ1n) is 7.47. The molecule has 134 valence electrons. The van der Waals surface area contributed by atoms with E-state index in [0.717, 1.165) is 6.26 Å². The zero-order chi connectivity index (χ0) is 18.8. The summed E-state index contributed by atoms with van der Waals surface area (Å²) in [6, 6.07) is 7.42. The van der Waals surface area contributed by atoms with Crippen molar-refractivity contribution < 1.29 is 27.2 Å². The van der Waals surface area contributed by atoms with Crippen LogP contribution >= 0.6 is 0 Å². The van der Waals surface area contributed by atoms with Gasteiger partial charge in [-0.1, -0.05) is 0 Å². The number of benzene rings is 1. The van der Waals surface area contributed by atoms with Crippen molar-refractivity contribution in [1.29, 1.82) is 0 Å². The molecule has 0 aliphatic rings. The minimum absolute atomic E-state index is 0.282. The van der Waals surface area contributed by atoms with E-state index >= 15 is 0 Å². The smallest absolute Gasteiger partial charge is 0.342 e. The predicted molar refractivity (Wildman–Crippen MR) is 92.3 cm³/mol. The lowest BCUT2D eigenvalue weighted by Crippen LogP contribution is -2.24. The lowest BCUT2D eigenvalue weighted by atomic mass is 10.1. The number of Topliss-reactive ketones (excluding diaryl/α,β-unsaturated/α-hetero) is 1. The van der Waals surface area contributed by atoms with Gasteiger partial charge in [0.15, 0.2) is 6.10 Å². The fourth-order valence-corrected chi connectivity index (χ4v) is 2.83. The zero-order valence-corrected chi connectivity index (χ0v) is 15.1. The fraction of sp³-hybridized carbons (Fsp3) is 0.294. The van der Waals surface area contributed by atoms with Crippen LogP contribution in [0.25, 0.3) is 0 Å². The summed E-state index contributed by atoms with van der Waals surface area (Å²) in [5.74, 6) is -0.0153. The van der Waals surface area contributed by atoms with Crippen LogP contribution in [0.1, 0.15) is 39.2 Å². The van der Waals surface area contributed by atoms with Crippen LogP contribution in [-0.4, -0.2) is 32.5 Å². The Balaban J connectivity index is 2.06. The molecule has 0 fully saturated rings. The molecular weight excluding hydrogens is 346 g/mol. The van der Waals surface area contributed by atoms with Gasteiger partial charge in [-0.2, -0.15) is 0 Å². The predicted octanol–water partition coefficient (Wildman–Crippen LogP) is 2.70. The number of aryl methyl sites for hydroxylation is 2. The Hall–Kier alpha value is -2.61. The molecule has 0 bridgehead atoms. The highest BCUT2D eigenvalue weighted by molar-refractivity contribution is 7.92. The topological polar surface area (TPSA) is 103 Å². The number of furan rings is 1. The molecule has 0 spiro atoms. The van der Waals surface area contributed by atoms with Gasteiger partial charge in [-0.15, -0.1) is 0 Å². The van der Waals surface area contributed by atoms with Gasteiger partial charge >= 0.3 is 5.97 Å². The summed E-state index contributed by atoms with van der Waals surface area (Å²) in [4.78, 5) is 24.5. The zero-order valence-electron chi connectivity index (χ0n) is 14.3. The number of hydrogen-bond donors (Lipinski definition) is 1. The minimum Gasteiger partial charge on any atom is -0.466 e. The number of sulfonamides is 1. The summed E-state index contributed by atoms with van der Waals surface area (Å²) >= 11 is 0. The van der Waals surface area contributed by atoms with Crippen molar-refractivity contribution in [2.24, 2.45) is 0 Å². The first kappa shape index (κ1) is 18.7. The molecule has 0 saturated heterocycles. The molecule has 7 nitrogen and oxygen atoms in total. The van der Waals surface area contributed by atoms with Gasteiger partial charge in [0.2, 0.25) is 15.8 Å². The summed E-state index contributed by atoms with van der Waals surface area (Å²) in [6.07, 6.45) is 0.0449. The van der Waals surface area contributed by atoms with E-state index in [1.807, 2.05) is 0 Å². The van der Waals surface area contributed by atoms with E-state index < -0.39 is 27.9 Å². The molecule has 0 saturated carbocycles. The molecule has 0 aliphatic heterocycles. The fourth-order valence-electron chi connectivity index (χ4n) is 2.26. The molecule has 0 radical (unpaired) electrons. The lowest BCUT2D eigenvalue weighted by Gasteiger charge is -2.12. The number of esters is 1. The summed E-state index contributed by atoms with van der Waals surface area (Å²) in [5, 5.41) is 0. The first-order chi connectivity index (χ1) is 11.6. The average molecular weight is 365 g/mol. The van der Waals surface area contributed by atoms with E-state index in [2.05, 4.69) is 4.72 Å². The number of rotatable bonds is 6. The van der Waals surface area contributed by atoms with E-state index in [1.165, 1.54) is 31.2 Å². The summed E-state index contributed by atoms with van der Waals surface area (Å²) in [7, 11) is -3.39. The number of nitrogens with one attached hydrogen (secondary N) is 1. The Bertz CT molecular complexity index is 896. The maximum Gasteiger partial charge on any atom is 0.342 e. The second kappa shape index (κ2) is 7.10. The van der Waals surface area contributed by atoms with Gasteiger partial charge in [0.1, 0.15) is 17.1 Å². The Labute approximate surface area is 146 Å². The van der Waals surface area contributed by atoms with Crippen LogP contribution in [0.15, 0.2) is 34.7 Å². The first-order valence-corrected chi connectivity index (χ1v) is 9.36. The van der Waals surface area contributed by atoms with Crippen molar-refractivity contribution in [2.75, 3.05) is 11.0 Å². The third-order valence-corrected chi connectivity index (χ3v) is 3.99. The van der Waals surface area contributed by atoms with Gasteiger partial charge in [0.05, 0.1) is 6.26 Å². The number of ketones is 1. The maximum absolute atomic E-state index is 12.4. The van der Waals surface area contributed by atoms with Gasteiger partial charge in [-0.3, -0.25) is 9.52 Å². The Morgan fingerprint density at radius 1 is 1.16 bits per heavy atom. The van der Waals surface area contributed by atoms with Crippen LogP contribution in [0.4, 0.5) is 5.69 Å². The number of anilines is 1. The van der Waals surface area contributed by atoms with Crippen LogP contribution in [0, 0.1) is 13.8 Å². The van der Waals surface area contributed by atoms with Crippen LogP contribution in [0.3, 0.4) is 0 Å². The van der Waals surface area contributed by atoms with Crippen LogP contribution < -0.4 is 4.72 Å².